The summed E-state index contributed by atoms with van der Waals surface area (Å²) in [6.07, 6.45) is -2.22. The highest BCUT2D eigenvalue weighted by Gasteiger charge is 2.31. The Kier molecular flexibility index (Phi) is 9.69. The number of carbonyl (C=O) groups is 2. The van der Waals surface area contributed by atoms with Gasteiger partial charge in [-0.1, -0.05) is 30.3 Å². The molecule has 0 spiro atoms. The maximum atomic E-state index is 12.3. The third-order valence-electron chi connectivity index (χ3n) is 4.04. The van der Waals surface area contributed by atoms with Crippen LogP contribution in [0, 0.1) is 0 Å². The minimum Gasteiger partial charge on any atom is -0.406 e. The first-order chi connectivity index (χ1) is 16.0. The van der Waals surface area contributed by atoms with E-state index in [-0.39, 0.29) is 16.4 Å². The Morgan fingerprint density at radius 2 is 1.56 bits per heavy atom. The van der Waals surface area contributed by atoms with E-state index >= 15 is 0 Å². The molecule has 0 heterocycles. The molecule has 0 atom stereocenters. The van der Waals surface area contributed by atoms with Gasteiger partial charge in [-0.25, -0.2) is 8.42 Å². The summed E-state index contributed by atoms with van der Waals surface area (Å²) in [5, 5.41) is 0. The molecule has 0 saturated carbocycles. The minimum atomic E-state index is -4.85. The van der Waals surface area contributed by atoms with Gasteiger partial charge in [0.05, 0.1) is 10.6 Å². The predicted octanol–water partition coefficient (Wildman–Crippen LogP) is 5.43. The van der Waals surface area contributed by atoms with Crippen molar-refractivity contribution in [1.29, 1.82) is 0 Å². The van der Waals surface area contributed by atoms with Crippen molar-refractivity contribution in [2.75, 3.05) is 16.7 Å². The number of ether oxygens (including phenoxy) is 1. The van der Waals surface area contributed by atoms with Crippen LogP contribution in [0.25, 0.3) is 0 Å². The zero-order valence-electron chi connectivity index (χ0n) is 17.8. The molecule has 0 bridgehead atoms. The van der Waals surface area contributed by atoms with Crippen LogP contribution in [-0.4, -0.2) is 38.9 Å². The van der Waals surface area contributed by atoms with Crippen LogP contribution in [0.15, 0.2) is 83.8 Å². The van der Waals surface area contributed by atoms with Crippen molar-refractivity contribution in [3.05, 3.63) is 90.0 Å². The van der Waals surface area contributed by atoms with Crippen molar-refractivity contribution in [2.45, 2.75) is 11.3 Å². The van der Waals surface area contributed by atoms with Gasteiger partial charge in [0, 0.05) is 16.8 Å². The summed E-state index contributed by atoms with van der Waals surface area (Å²) in [4.78, 5) is 21.5. The summed E-state index contributed by atoms with van der Waals surface area (Å²) in [6, 6.07) is 18.8. The summed E-state index contributed by atoms with van der Waals surface area (Å²) in [5.74, 6) is -0.280. The van der Waals surface area contributed by atoms with Crippen molar-refractivity contribution in [1.82, 2.24) is 0 Å². The molecule has 3 rings (SSSR count). The number of anilines is 1. The van der Waals surface area contributed by atoms with Crippen molar-refractivity contribution in [2.24, 2.45) is 0 Å². The molecule has 0 unspecified atom stereocenters. The largest absolute Gasteiger partial charge is 0.573 e. The Hall–Kier alpha value is -3.31. The van der Waals surface area contributed by atoms with Crippen molar-refractivity contribution >= 4 is 39.5 Å². The molecule has 0 aliphatic heterocycles. The SMILES string of the molecule is CSCC(=O)c1ccc(NS(=O)(=O)c2ccc(OC(F)(F)F)cc2)cc1.O=Cc1ccccc1. The molecule has 0 aliphatic carbocycles. The number of nitrogens with one attached hydrogen (secondary N) is 1. The monoisotopic (exact) mass is 511 g/mol. The molecule has 0 aliphatic rings. The molecule has 34 heavy (non-hydrogen) atoms. The van der Waals surface area contributed by atoms with Gasteiger partial charge in [-0.05, 0) is 54.8 Å². The van der Waals surface area contributed by atoms with Gasteiger partial charge in [0.15, 0.2) is 5.78 Å². The summed E-state index contributed by atoms with van der Waals surface area (Å²) in [7, 11) is -3.99. The van der Waals surface area contributed by atoms with Crippen LogP contribution in [0.1, 0.15) is 20.7 Å². The quantitative estimate of drug-likeness (QED) is 0.320. The Balaban J connectivity index is 0.000000430. The van der Waals surface area contributed by atoms with E-state index in [1.165, 1.54) is 36.0 Å². The van der Waals surface area contributed by atoms with Gasteiger partial charge in [0.2, 0.25) is 0 Å². The number of rotatable bonds is 8. The van der Waals surface area contributed by atoms with E-state index < -0.39 is 22.1 Å². The Bertz CT molecular complexity index is 1180. The topological polar surface area (TPSA) is 89.5 Å². The van der Waals surface area contributed by atoms with Gasteiger partial charge in [0.1, 0.15) is 12.0 Å². The molecular formula is C23H20F3NO5S2. The standard InChI is InChI=1S/C16H14F3NO4S2.C7H6O/c1-25-10-15(21)11-2-4-12(5-3-11)20-26(22,23)14-8-6-13(7-9-14)24-16(17,18)19;8-6-7-4-2-1-3-5-7/h2-9,20H,10H2,1H3;1-6H. The van der Waals surface area contributed by atoms with E-state index in [9.17, 15) is 31.2 Å². The van der Waals surface area contributed by atoms with Crippen molar-refractivity contribution in [3.8, 4) is 5.75 Å². The van der Waals surface area contributed by atoms with Crippen LogP contribution >= 0.6 is 11.8 Å². The normalized spacial score (nSPS) is 11.1. The minimum absolute atomic E-state index is 0.0767. The lowest BCUT2D eigenvalue weighted by Gasteiger charge is -2.11. The summed E-state index contributed by atoms with van der Waals surface area (Å²) < 4.78 is 66.9. The summed E-state index contributed by atoms with van der Waals surface area (Å²) in [5.41, 5.74) is 1.41. The first kappa shape index (κ1) is 26.9. The molecule has 3 aromatic rings. The van der Waals surface area contributed by atoms with Gasteiger partial charge in [-0.2, -0.15) is 11.8 Å². The number of halogens is 3. The van der Waals surface area contributed by atoms with Crippen LogP contribution in [-0.2, 0) is 10.0 Å². The fourth-order valence-electron chi connectivity index (χ4n) is 2.50. The number of carbonyl (C=O) groups excluding carboxylic acids is 2. The van der Waals surface area contributed by atoms with Gasteiger partial charge in [0.25, 0.3) is 10.0 Å². The smallest absolute Gasteiger partial charge is 0.406 e. The third kappa shape index (κ3) is 8.91. The molecule has 11 heteroatoms. The lowest BCUT2D eigenvalue weighted by Crippen LogP contribution is -2.17. The van der Waals surface area contributed by atoms with E-state index in [2.05, 4.69) is 9.46 Å². The Morgan fingerprint density at radius 1 is 0.971 bits per heavy atom. The van der Waals surface area contributed by atoms with Crippen LogP contribution < -0.4 is 9.46 Å². The second-order valence-electron chi connectivity index (χ2n) is 6.59. The molecule has 0 radical (unpaired) electrons. The summed E-state index contributed by atoms with van der Waals surface area (Å²) in [6.45, 7) is 0. The molecule has 0 amide bonds. The number of aldehydes is 1. The number of Topliss-reactive ketones (excluding diaryl/α,β-unsaturated/α-hetero) is 1. The predicted molar refractivity (Wildman–Crippen MR) is 125 cm³/mol. The highest BCUT2D eigenvalue weighted by atomic mass is 32.2. The number of sulfonamides is 1. The molecule has 0 aromatic heterocycles. The van der Waals surface area contributed by atoms with Gasteiger partial charge < -0.3 is 4.74 Å². The van der Waals surface area contributed by atoms with Crippen LogP contribution in [0.4, 0.5) is 18.9 Å². The molecule has 0 saturated heterocycles. The first-order valence-electron chi connectivity index (χ1n) is 9.55. The molecule has 0 fully saturated rings. The number of hydrogen-bond acceptors (Lipinski definition) is 6. The lowest BCUT2D eigenvalue weighted by atomic mass is 10.1. The second-order valence-corrected chi connectivity index (χ2v) is 9.14. The highest BCUT2D eigenvalue weighted by molar-refractivity contribution is 7.99. The van der Waals surface area contributed by atoms with Gasteiger partial charge in [-0.3, -0.25) is 14.3 Å². The number of ketones is 1. The zero-order valence-corrected chi connectivity index (χ0v) is 19.4. The van der Waals surface area contributed by atoms with E-state index in [1.54, 1.807) is 18.4 Å². The van der Waals surface area contributed by atoms with E-state index in [4.69, 9.17) is 0 Å². The van der Waals surface area contributed by atoms with Crippen molar-refractivity contribution < 1.29 is 35.9 Å². The van der Waals surface area contributed by atoms with E-state index in [1.807, 2.05) is 18.2 Å². The molecule has 1 N–H and O–H groups in total. The molecule has 6 nitrogen and oxygen atoms in total. The Labute approximate surface area is 199 Å². The number of alkyl halides is 3. The van der Waals surface area contributed by atoms with Crippen LogP contribution in [0.5, 0.6) is 5.75 Å². The first-order valence-corrected chi connectivity index (χ1v) is 12.4. The molecule has 3 aromatic carbocycles. The molecule has 180 valence electrons. The van der Waals surface area contributed by atoms with E-state index in [0.717, 1.165) is 36.1 Å². The lowest BCUT2D eigenvalue weighted by molar-refractivity contribution is -0.274. The van der Waals surface area contributed by atoms with Crippen LogP contribution in [0.2, 0.25) is 0 Å². The van der Waals surface area contributed by atoms with Crippen LogP contribution in [0.3, 0.4) is 0 Å². The summed E-state index contributed by atoms with van der Waals surface area (Å²) >= 11 is 1.38. The van der Waals surface area contributed by atoms with E-state index in [0.29, 0.717) is 11.3 Å². The fourth-order valence-corrected chi connectivity index (χ4v) is 3.99. The third-order valence-corrected chi connectivity index (χ3v) is 5.99. The fraction of sp³-hybridized carbons (Fsp3) is 0.130. The van der Waals surface area contributed by atoms with Gasteiger partial charge in [-0.15, -0.1) is 13.2 Å². The number of thioether (sulfide) groups is 1. The molecular weight excluding hydrogens is 491 g/mol. The zero-order chi connectivity index (χ0) is 25.2. The van der Waals surface area contributed by atoms with Crippen molar-refractivity contribution in [3.63, 3.8) is 0 Å². The number of benzene rings is 3. The Morgan fingerprint density at radius 3 is 2.03 bits per heavy atom. The van der Waals surface area contributed by atoms with Gasteiger partial charge >= 0.3 is 6.36 Å². The average Bonchev–Trinajstić information content (AvgIpc) is 2.80. The maximum absolute atomic E-state index is 12.3. The number of hydrogen-bond donors (Lipinski definition) is 1. The second kappa shape index (κ2) is 12.2. The maximum Gasteiger partial charge on any atom is 0.573 e. The average molecular weight is 512 g/mol. The highest BCUT2D eigenvalue weighted by Crippen LogP contribution is 2.25.